The number of hydrogen-bond acceptors (Lipinski definition) is 2. The predicted octanol–water partition coefficient (Wildman–Crippen LogP) is 4.57. The van der Waals surface area contributed by atoms with E-state index in [1.54, 1.807) is 6.20 Å². The van der Waals surface area contributed by atoms with E-state index < -0.39 is 0 Å². The molecule has 3 rings (SSSR count). The van der Waals surface area contributed by atoms with E-state index in [0.29, 0.717) is 0 Å². The first-order valence-corrected chi connectivity index (χ1v) is 6.76. The van der Waals surface area contributed by atoms with Gasteiger partial charge in [-0.15, -0.1) is 0 Å². The van der Waals surface area contributed by atoms with Gasteiger partial charge in [0, 0.05) is 15.6 Å². The monoisotopic (exact) mass is 310 g/mol. The lowest BCUT2D eigenvalue weighted by atomic mass is 10.1. The highest BCUT2D eigenvalue weighted by atomic mass is 79.9. The van der Waals surface area contributed by atoms with Crippen molar-refractivity contribution in [2.45, 2.75) is 0 Å². The molecular formula is C16H11BrN2. The lowest BCUT2D eigenvalue weighted by Crippen LogP contribution is -1.89. The molecule has 0 unspecified atom stereocenters. The van der Waals surface area contributed by atoms with Gasteiger partial charge in [-0.1, -0.05) is 58.4 Å². The van der Waals surface area contributed by atoms with E-state index in [1.807, 2.05) is 42.5 Å². The van der Waals surface area contributed by atoms with Gasteiger partial charge in [-0.2, -0.15) is 10.2 Å². The fourth-order valence-corrected chi connectivity index (χ4v) is 2.34. The number of nitrogens with zero attached hydrogens (tertiary/aromatic N) is 2. The van der Waals surface area contributed by atoms with Crippen molar-refractivity contribution >= 4 is 15.9 Å². The van der Waals surface area contributed by atoms with E-state index in [2.05, 4.69) is 44.3 Å². The summed E-state index contributed by atoms with van der Waals surface area (Å²) in [6.45, 7) is 0. The van der Waals surface area contributed by atoms with Gasteiger partial charge in [0.1, 0.15) is 0 Å². The van der Waals surface area contributed by atoms with Crippen molar-refractivity contribution in [2.75, 3.05) is 0 Å². The number of rotatable bonds is 2. The second-order valence-corrected chi connectivity index (χ2v) is 5.12. The van der Waals surface area contributed by atoms with Gasteiger partial charge in [0.2, 0.25) is 0 Å². The Labute approximate surface area is 120 Å². The number of halogens is 1. The van der Waals surface area contributed by atoms with E-state index in [9.17, 15) is 0 Å². The van der Waals surface area contributed by atoms with Crippen LogP contribution in [0.15, 0.2) is 71.3 Å². The van der Waals surface area contributed by atoms with Crippen molar-refractivity contribution in [2.24, 2.45) is 0 Å². The summed E-state index contributed by atoms with van der Waals surface area (Å²) in [5, 5.41) is 8.30. The zero-order chi connectivity index (χ0) is 13.1. The van der Waals surface area contributed by atoms with Gasteiger partial charge < -0.3 is 0 Å². The molecule has 0 saturated carbocycles. The summed E-state index contributed by atoms with van der Waals surface area (Å²) in [5.74, 6) is 0. The molecule has 0 aliphatic carbocycles. The van der Waals surface area contributed by atoms with Gasteiger partial charge in [0.25, 0.3) is 0 Å². The largest absolute Gasteiger partial charge is 0.158 e. The molecule has 1 aromatic heterocycles. The van der Waals surface area contributed by atoms with Gasteiger partial charge in [0.15, 0.2) is 0 Å². The Morgan fingerprint density at radius 2 is 1.53 bits per heavy atom. The van der Waals surface area contributed by atoms with E-state index in [1.165, 1.54) is 0 Å². The normalized spacial score (nSPS) is 10.4. The summed E-state index contributed by atoms with van der Waals surface area (Å²) in [6, 6.07) is 20.3. The molecule has 0 atom stereocenters. The summed E-state index contributed by atoms with van der Waals surface area (Å²) in [4.78, 5) is 0. The summed E-state index contributed by atoms with van der Waals surface area (Å²) >= 11 is 3.49. The van der Waals surface area contributed by atoms with Crippen LogP contribution in [0.3, 0.4) is 0 Å². The van der Waals surface area contributed by atoms with Crippen LogP contribution in [0.25, 0.3) is 22.4 Å². The van der Waals surface area contributed by atoms with Gasteiger partial charge in [-0.05, 0) is 23.8 Å². The minimum Gasteiger partial charge on any atom is -0.158 e. The second kappa shape index (κ2) is 5.33. The Morgan fingerprint density at radius 1 is 0.737 bits per heavy atom. The van der Waals surface area contributed by atoms with Crippen LogP contribution >= 0.6 is 15.9 Å². The Bertz CT molecular complexity index is 696. The molecule has 0 aliphatic heterocycles. The Balaban J connectivity index is 2.06. The first-order valence-electron chi connectivity index (χ1n) is 5.97. The van der Waals surface area contributed by atoms with Gasteiger partial charge in [0.05, 0.1) is 11.9 Å². The highest BCUT2D eigenvalue weighted by Gasteiger charge is 2.03. The fraction of sp³-hybridized carbons (Fsp3) is 0. The topological polar surface area (TPSA) is 25.8 Å². The molecule has 0 bridgehead atoms. The van der Waals surface area contributed by atoms with Crippen molar-refractivity contribution in [3.63, 3.8) is 0 Å². The molecule has 0 saturated heterocycles. The van der Waals surface area contributed by atoms with E-state index in [-0.39, 0.29) is 0 Å². The first-order chi connectivity index (χ1) is 9.33. The minimum atomic E-state index is 0.887. The van der Waals surface area contributed by atoms with Crippen LogP contribution in [0.4, 0.5) is 0 Å². The predicted molar refractivity (Wildman–Crippen MR) is 80.6 cm³/mol. The minimum absolute atomic E-state index is 0.887. The average molecular weight is 311 g/mol. The quantitative estimate of drug-likeness (QED) is 0.692. The SMILES string of the molecule is Brc1cccc(-c2cnnc(-c3ccccc3)c2)c1. The second-order valence-electron chi connectivity index (χ2n) is 4.21. The third kappa shape index (κ3) is 2.71. The lowest BCUT2D eigenvalue weighted by Gasteiger charge is -2.04. The molecule has 92 valence electrons. The Morgan fingerprint density at radius 3 is 2.32 bits per heavy atom. The van der Waals surface area contributed by atoms with E-state index in [0.717, 1.165) is 26.9 Å². The van der Waals surface area contributed by atoms with Crippen LogP contribution in [0.2, 0.25) is 0 Å². The number of aromatic nitrogens is 2. The van der Waals surface area contributed by atoms with Crippen molar-refractivity contribution in [3.8, 4) is 22.4 Å². The lowest BCUT2D eigenvalue weighted by molar-refractivity contribution is 1.04. The van der Waals surface area contributed by atoms with Gasteiger partial charge in [-0.25, -0.2) is 0 Å². The maximum atomic E-state index is 4.20. The van der Waals surface area contributed by atoms with Crippen LogP contribution in [0, 0.1) is 0 Å². The number of benzene rings is 2. The standard InChI is InChI=1S/C16H11BrN2/c17-15-8-4-7-13(9-15)14-10-16(19-18-11-14)12-5-2-1-3-6-12/h1-11H. The maximum absolute atomic E-state index is 4.20. The zero-order valence-corrected chi connectivity index (χ0v) is 11.7. The highest BCUT2D eigenvalue weighted by Crippen LogP contribution is 2.25. The Hall–Kier alpha value is -2.00. The summed E-state index contributed by atoms with van der Waals surface area (Å²) < 4.78 is 1.06. The van der Waals surface area contributed by atoms with Crippen LogP contribution in [0.5, 0.6) is 0 Å². The molecule has 1 heterocycles. The maximum Gasteiger partial charge on any atom is 0.0935 e. The Kier molecular flexibility index (Phi) is 3.38. The molecule has 3 heteroatoms. The first kappa shape index (κ1) is 12.1. The molecule has 19 heavy (non-hydrogen) atoms. The van der Waals surface area contributed by atoms with Crippen molar-refractivity contribution in [1.29, 1.82) is 0 Å². The molecule has 2 aromatic carbocycles. The number of hydrogen-bond donors (Lipinski definition) is 0. The third-order valence-electron chi connectivity index (χ3n) is 2.88. The van der Waals surface area contributed by atoms with Crippen LogP contribution in [0.1, 0.15) is 0 Å². The van der Waals surface area contributed by atoms with Gasteiger partial charge in [-0.3, -0.25) is 0 Å². The molecule has 0 radical (unpaired) electrons. The highest BCUT2D eigenvalue weighted by molar-refractivity contribution is 9.10. The molecule has 2 nitrogen and oxygen atoms in total. The van der Waals surface area contributed by atoms with Crippen molar-refractivity contribution in [1.82, 2.24) is 10.2 Å². The molecule has 3 aromatic rings. The van der Waals surface area contributed by atoms with E-state index in [4.69, 9.17) is 0 Å². The average Bonchev–Trinajstić information content (AvgIpc) is 2.48. The van der Waals surface area contributed by atoms with Crippen LogP contribution in [-0.4, -0.2) is 10.2 Å². The van der Waals surface area contributed by atoms with Crippen molar-refractivity contribution in [3.05, 3.63) is 71.3 Å². The molecule has 0 spiro atoms. The molecule has 0 N–H and O–H groups in total. The zero-order valence-electron chi connectivity index (χ0n) is 10.1. The third-order valence-corrected chi connectivity index (χ3v) is 3.38. The van der Waals surface area contributed by atoms with E-state index >= 15 is 0 Å². The summed E-state index contributed by atoms with van der Waals surface area (Å²) in [5.41, 5.74) is 4.15. The van der Waals surface area contributed by atoms with Crippen molar-refractivity contribution < 1.29 is 0 Å². The molecule has 0 amide bonds. The van der Waals surface area contributed by atoms with Crippen LogP contribution in [-0.2, 0) is 0 Å². The summed E-state index contributed by atoms with van der Waals surface area (Å²) in [7, 11) is 0. The summed E-state index contributed by atoms with van der Waals surface area (Å²) in [6.07, 6.45) is 1.79. The molecular weight excluding hydrogens is 300 g/mol. The van der Waals surface area contributed by atoms with Crippen LogP contribution < -0.4 is 0 Å². The molecule has 0 fully saturated rings. The fourth-order valence-electron chi connectivity index (χ4n) is 1.94. The van der Waals surface area contributed by atoms with Gasteiger partial charge >= 0.3 is 0 Å². The molecule has 0 aliphatic rings. The smallest absolute Gasteiger partial charge is 0.0935 e.